The fraction of sp³-hybridized carbons (Fsp3) is 0.889. The average Bonchev–Trinajstić information content (AvgIpc) is 1.99. The number of nitrogens with zero attached hydrogens (tertiary/aromatic N) is 2. The summed E-state index contributed by atoms with van der Waals surface area (Å²) in [6.07, 6.45) is 3.02. The highest BCUT2D eigenvalue weighted by Crippen LogP contribution is 1.82. The van der Waals surface area contributed by atoms with Gasteiger partial charge in [-0.1, -0.05) is 6.92 Å². The fourth-order valence-electron chi connectivity index (χ4n) is 0.607. The average molecular weight is 173 g/mol. The standard InChI is InChI=1S/C7H16N2.C2H7N/c1-4-8-6-5-7-9(2)3;1-2-3/h4H,5-7H2,1-3H3;2-3H2,1H3. The van der Waals surface area contributed by atoms with Gasteiger partial charge in [-0.05, 0) is 46.7 Å². The molecule has 0 atom stereocenters. The second kappa shape index (κ2) is 13.2. The van der Waals surface area contributed by atoms with Crippen LogP contribution in [0, 0.1) is 0 Å². The van der Waals surface area contributed by atoms with Gasteiger partial charge in [0.2, 0.25) is 0 Å². The Morgan fingerprint density at radius 2 is 1.92 bits per heavy atom. The number of nitrogens with two attached hydrogens (primary N) is 1. The summed E-state index contributed by atoms with van der Waals surface area (Å²) in [4.78, 5) is 6.26. The zero-order valence-corrected chi connectivity index (χ0v) is 8.88. The lowest BCUT2D eigenvalue weighted by atomic mass is 10.4. The van der Waals surface area contributed by atoms with E-state index < -0.39 is 0 Å². The van der Waals surface area contributed by atoms with Gasteiger partial charge in [0.25, 0.3) is 0 Å². The van der Waals surface area contributed by atoms with Crippen LogP contribution in [0.15, 0.2) is 4.99 Å². The molecule has 0 amide bonds. The molecule has 3 heteroatoms. The summed E-state index contributed by atoms with van der Waals surface area (Å²) in [5, 5.41) is 0. The molecule has 0 heterocycles. The van der Waals surface area contributed by atoms with Crippen molar-refractivity contribution in [1.29, 1.82) is 0 Å². The highest BCUT2D eigenvalue weighted by Gasteiger charge is 1.86. The Bertz CT molecular complexity index is 89.8. The summed E-state index contributed by atoms with van der Waals surface area (Å²) in [6.45, 7) is 6.71. The van der Waals surface area contributed by atoms with Crippen molar-refractivity contribution < 1.29 is 0 Å². The van der Waals surface area contributed by atoms with Crippen molar-refractivity contribution in [3.05, 3.63) is 0 Å². The lowest BCUT2D eigenvalue weighted by Crippen LogP contribution is -2.13. The molecule has 0 aromatic heterocycles. The molecule has 0 unspecified atom stereocenters. The molecule has 0 aromatic carbocycles. The van der Waals surface area contributed by atoms with Gasteiger partial charge in [-0.25, -0.2) is 0 Å². The third-order valence-corrected chi connectivity index (χ3v) is 1.08. The molecule has 74 valence electrons. The minimum Gasteiger partial charge on any atom is -0.331 e. The van der Waals surface area contributed by atoms with E-state index in [0.29, 0.717) is 0 Å². The van der Waals surface area contributed by atoms with Crippen LogP contribution in [0.1, 0.15) is 20.3 Å². The summed E-state index contributed by atoms with van der Waals surface area (Å²) >= 11 is 0. The molecule has 0 radical (unpaired) electrons. The van der Waals surface area contributed by atoms with Crippen molar-refractivity contribution in [2.24, 2.45) is 10.7 Å². The van der Waals surface area contributed by atoms with Gasteiger partial charge in [0.05, 0.1) is 0 Å². The van der Waals surface area contributed by atoms with Crippen molar-refractivity contribution in [2.75, 3.05) is 33.7 Å². The van der Waals surface area contributed by atoms with Gasteiger partial charge in [0.1, 0.15) is 0 Å². The Kier molecular flexibility index (Phi) is 15.5. The van der Waals surface area contributed by atoms with Gasteiger partial charge in [-0.15, -0.1) is 0 Å². The highest BCUT2D eigenvalue weighted by molar-refractivity contribution is 5.53. The first-order valence-corrected chi connectivity index (χ1v) is 4.48. The topological polar surface area (TPSA) is 41.6 Å². The second-order valence-electron chi connectivity index (χ2n) is 2.73. The van der Waals surface area contributed by atoms with Gasteiger partial charge in [-0.3, -0.25) is 4.99 Å². The Morgan fingerprint density at radius 1 is 1.42 bits per heavy atom. The third kappa shape index (κ3) is 22.6. The number of rotatable bonds is 4. The van der Waals surface area contributed by atoms with Gasteiger partial charge in [-0.2, -0.15) is 0 Å². The largest absolute Gasteiger partial charge is 0.331 e. The lowest BCUT2D eigenvalue weighted by molar-refractivity contribution is 0.403. The van der Waals surface area contributed by atoms with Gasteiger partial charge >= 0.3 is 0 Å². The van der Waals surface area contributed by atoms with Crippen LogP contribution in [0.5, 0.6) is 0 Å². The Labute approximate surface area is 76.7 Å². The molecule has 0 fully saturated rings. The van der Waals surface area contributed by atoms with Crippen LogP contribution in [-0.2, 0) is 0 Å². The molecule has 12 heavy (non-hydrogen) atoms. The minimum absolute atomic E-state index is 0.750. The van der Waals surface area contributed by atoms with Crippen LogP contribution >= 0.6 is 0 Å². The Balaban J connectivity index is 0. The van der Waals surface area contributed by atoms with E-state index in [9.17, 15) is 0 Å². The zero-order valence-electron chi connectivity index (χ0n) is 8.88. The van der Waals surface area contributed by atoms with E-state index in [2.05, 4.69) is 24.0 Å². The van der Waals surface area contributed by atoms with Gasteiger partial charge < -0.3 is 10.6 Å². The zero-order chi connectivity index (χ0) is 9.82. The van der Waals surface area contributed by atoms with Crippen LogP contribution in [0.25, 0.3) is 0 Å². The molecule has 3 nitrogen and oxygen atoms in total. The summed E-state index contributed by atoms with van der Waals surface area (Å²) in [5.41, 5.74) is 4.85. The summed E-state index contributed by atoms with van der Waals surface area (Å²) in [6, 6.07) is 0. The first-order chi connectivity index (χ1) is 5.68. The van der Waals surface area contributed by atoms with E-state index in [1.165, 1.54) is 0 Å². The molecule has 0 bridgehead atoms. The molecule has 2 N–H and O–H groups in total. The number of hydrogen-bond donors (Lipinski definition) is 1. The maximum absolute atomic E-state index is 4.85. The predicted octanol–water partition coefficient (Wildman–Crippen LogP) is 0.994. The molecule has 0 saturated carbocycles. The summed E-state index contributed by atoms with van der Waals surface area (Å²) in [7, 11) is 4.16. The van der Waals surface area contributed by atoms with Crippen LogP contribution in [0.3, 0.4) is 0 Å². The van der Waals surface area contributed by atoms with Crippen molar-refractivity contribution in [1.82, 2.24) is 4.90 Å². The normalized spacial score (nSPS) is 10.2. The first kappa shape index (κ1) is 14.1. The van der Waals surface area contributed by atoms with E-state index in [0.717, 1.165) is 26.1 Å². The fourth-order valence-corrected chi connectivity index (χ4v) is 0.607. The molecule has 0 saturated heterocycles. The molecule has 0 aromatic rings. The maximum atomic E-state index is 4.85. The molecule has 0 aliphatic heterocycles. The van der Waals surface area contributed by atoms with E-state index >= 15 is 0 Å². The predicted molar refractivity (Wildman–Crippen MR) is 56.9 cm³/mol. The van der Waals surface area contributed by atoms with Crippen LogP contribution in [-0.4, -0.2) is 44.8 Å². The second-order valence-corrected chi connectivity index (χ2v) is 2.73. The minimum atomic E-state index is 0.750. The van der Waals surface area contributed by atoms with E-state index in [1.54, 1.807) is 0 Å². The van der Waals surface area contributed by atoms with E-state index in [1.807, 2.05) is 20.1 Å². The maximum Gasteiger partial charge on any atom is 0.0397 e. The van der Waals surface area contributed by atoms with Crippen molar-refractivity contribution in [3.8, 4) is 0 Å². The van der Waals surface area contributed by atoms with Crippen LogP contribution in [0.2, 0.25) is 0 Å². The Morgan fingerprint density at radius 3 is 2.25 bits per heavy atom. The van der Waals surface area contributed by atoms with E-state index in [-0.39, 0.29) is 0 Å². The van der Waals surface area contributed by atoms with Crippen molar-refractivity contribution >= 4 is 6.21 Å². The third-order valence-electron chi connectivity index (χ3n) is 1.08. The Hall–Kier alpha value is -0.410. The number of aliphatic imine (C=N–C) groups is 1. The smallest absolute Gasteiger partial charge is 0.0397 e. The summed E-state index contributed by atoms with van der Waals surface area (Å²) in [5.74, 6) is 0. The van der Waals surface area contributed by atoms with Gasteiger partial charge in [0.15, 0.2) is 0 Å². The summed E-state index contributed by atoms with van der Waals surface area (Å²) < 4.78 is 0. The van der Waals surface area contributed by atoms with Crippen molar-refractivity contribution in [3.63, 3.8) is 0 Å². The molecular formula is C9H23N3. The highest BCUT2D eigenvalue weighted by atomic mass is 15.0. The van der Waals surface area contributed by atoms with E-state index in [4.69, 9.17) is 5.73 Å². The monoisotopic (exact) mass is 173 g/mol. The molecule has 0 aliphatic rings. The van der Waals surface area contributed by atoms with Gasteiger partial charge in [0, 0.05) is 6.54 Å². The van der Waals surface area contributed by atoms with Crippen molar-refractivity contribution in [2.45, 2.75) is 20.3 Å². The molecular weight excluding hydrogens is 150 g/mol. The number of hydrogen-bond acceptors (Lipinski definition) is 3. The molecule has 0 aliphatic carbocycles. The van der Waals surface area contributed by atoms with Crippen LogP contribution < -0.4 is 5.73 Å². The SMILES string of the molecule is CC=NCCCN(C)C.CCN. The molecule has 0 spiro atoms. The first-order valence-electron chi connectivity index (χ1n) is 4.48. The quantitative estimate of drug-likeness (QED) is 0.509. The van der Waals surface area contributed by atoms with Crippen LogP contribution in [0.4, 0.5) is 0 Å². The lowest BCUT2D eigenvalue weighted by Gasteiger charge is -2.06. The molecule has 0 rings (SSSR count).